The molecule has 0 saturated heterocycles. The van der Waals surface area contributed by atoms with Crippen molar-refractivity contribution >= 4 is 11.5 Å². The van der Waals surface area contributed by atoms with Gasteiger partial charge in [0, 0.05) is 23.2 Å². The molecule has 7 nitrogen and oxygen atoms in total. The van der Waals surface area contributed by atoms with Gasteiger partial charge in [0.05, 0.1) is 12.2 Å². The molecule has 4 rings (SSSR count). The number of fused-ring (bicyclic) bond motifs is 1. The molecule has 0 radical (unpaired) electrons. The van der Waals surface area contributed by atoms with Crippen molar-refractivity contribution in [2.75, 3.05) is 5.32 Å². The van der Waals surface area contributed by atoms with E-state index in [9.17, 15) is 0 Å². The summed E-state index contributed by atoms with van der Waals surface area (Å²) in [5.74, 6) is 2.82. The van der Waals surface area contributed by atoms with Crippen LogP contribution >= 0.6 is 0 Å². The highest BCUT2D eigenvalue weighted by molar-refractivity contribution is 5.56. The van der Waals surface area contributed by atoms with Crippen molar-refractivity contribution in [1.29, 1.82) is 0 Å². The molecule has 1 saturated carbocycles. The van der Waals surface area contributed by atoms with Crippen LogP contribution in [0.4, 0.5) is 5.82 Å². The Hall–Kier alpha value is -2.44. The third-order valence-electron chi connectivity index (χ3n) is 4.84. The van der Waals surface area contributed by atoms with Crippen molar-refractivity contribution in [2.45, 2.75) is 58.9 Å². The second kappa shape index (κ2) is 5.89. The average molecular weight is 326 g/mol. The maximum Gasteiger partial charge on any atom is 0.229 e. The van der Waals surface area contributed by atoms with Gasteiger partial charge in [0.2, 0.25) is 5.89 Å². The highest BCUT2D eigenvalue weighted by atomic mass is 16.5. The van der Waals surface area contributed by atoms with E-state index in [4.69, 9.17) is 4.52 Å². The van der Waals surface area contributed by atoms with Crippen molar-refractivity contribution in [3.8, 4) is 0 Å². The Morgan fingerprint density at radius 1 is 1.29 bits per heavy atom. The van der Waals surface area contributed by atoms with Crippen LogP contribution in [0.25, 0.3) is 5.65 Å². The van der Waals surface area contributed by atoms with Gasteiger partial charge in [0.25, 0.3) is 0 Å². The van der Waals surface area contributed by atoms with E-state index in [-0.39, 0.29) is 0 Å². The number of anilines is 1. The minimum Gasteiger partial charge on any atom is -0.362 e. The Balaban J connectivity index is 1.59. The number of aromatic nitrogens is 5. The summed E-state index contributed by atoms with van der Waals surface area (Å²) in [6, 6.07) is 2.03. The molecule has 1 aliphatic rings. The Morgan fingerprint density at radius 2 is 2.12 bits per heavy atom. The molecule has 3 heterocycles. The quantitative estimate of drug-likeness (QED) is 0.775. The van der Waals surface area contributed by atoms with Gasteiger partial charge in [-0.3, -0.25) is 0 Å². The van der Waals surface area contributed by atoms with Crippen molar-refractivity contribution < 1.29 is 4.52 Å². The Kier molecular flexibility index (Phi) is 3.70. The number of hydrogen-bond acceptors (Lipinski definition) is 6. The van der Waals surface area contributed by atoms with Crippen LogP contribution in [-0.4, -0.2) is 24.7 Å². The molecular weight excluding hydrogens is 304 g/mol. The van der Waals surface area contributed by atoms with Crippen LogP contribution in [0, 0.1) is 13.8 Å². The second-order valence-electron chi connectivity index (χ2n) is 6.46. The van der Waals surface area contributed by atoms with Crippen molar-refractivity contribution in [3.63, 3.8) is 0 Å². The van der Waals surface area contributed by atoms with Gasteiger partial charge in [-0.05, 0) is 33.1 Å². The van der Waals surface area contributed by atoms with Crippen LogP contribution in [0.2, 0.25) is 0 Å². The highest BCUT2D eigenvalue weighted by Crippen LogP contribution is 2.35. The first-order chi connectivity index (χ1) is 11.7. The molecule has 1 N–H and O–H groups in total. The summed E-state index contributed by atoms with van der Waals surface area (Å²) in [7, 11) is 0. The molecule has 0 aliphatic heterocycles. The average Bonchev–Trinajstić information content (AvgIpc) is 3.09. The first-order valence-corrected chi connectivity index (χ1v) is 8.58. The van der Waals surface area contributed by atoms with Gasteiger partial charge in [0.15, 0.2) is 11.5 Å². The smallest absolute Gasteiger partial charge is 0.229 e. The summed E-state index contributed by atoms with van der Waals surface area (Å²) in [4.78, 5) is 9.19. The molecule has 24 heavy (non-hydrogen) atoms. The topological polar surface area (TPSA) is 81.1 Å². The van der Waals surface area contributed by atoms with Crippen LogP contribution < -0.4 is 5.32 Å². The third kappa shape index (κ3) is 2.53. The molecule has 0 spiro atoms. The van der Waals surface area contributed by atoms with Gasteiger partial charge in [-0.2, -0.15) is 14.6 Å². The minimum absolute atomic E-state index is 0.460. The van der Waals surface area contributed by atoms with Crippen molar-refractivity contribution in [3.05, 3.63) is 34.7 Å². The van der Waals surface area contributed by atoms with E-state index in [1.807, 2.05) is 17.5 Å². The van der Waals surface area contributed by atoms with E-state index >= 15 is 0 Å². The normalized spacial score (nSPS) is 15.0. The number of nitrogens with zero attached hydrogens (tertiary/aromatic N) is 5. The number of nitrogens with one attached hydrogen (secondary N) is 1. The molecule has 3 aromatic rings. The lowest BCUT2D eigenvalue weighted by atomic mass is 9.85. The summed E-state index contributed by atoms with van der Waals surface area (Å²) < 4.78 is 7.23. The van der Waals surface area contributed by atoms with Crippen LogP contribution in [0.5, 0.6) is 0 Å². The molecule has 0 amide bonds. The molecular formula is C17H22N6O. The lowest BCUT2D eigenvalue weighted by Crippen LogP contribution is -2.10. The molecule has 1 aliphatic carbocycles. The van der Waals surface area contributed by atoms with Gasteiger partial charge >= 0.3 is 0 Å². The lowest BCUT2D eigenvalue weighted by molar-refractivity contribution is 0.291. The fraction of sp³-hybridized carbons (Fsp3) is 0.529. The van der Waals surface area contributed by atoms with Crippen LogP contribution in [0.15, 0.2) is 10.6 Å². The fourth-order valence-corrected chi connectivity index (χ4v) is 2.92. The standard InChI is InChI=1S/C17H22N6O/c1-4-13-8-15(23-16(19-13)10(2)11(3)21-23)18-9-14-20-17(24-22-14)12-6-5-7-12/h8,12,18H,4-7,9H2,1-3H3. The summed E-state index contributed by atoms with van der Waals surface area (Å²) in [6.45, 7) is 6.67. The highest BCUT2D eigenvalue weighted by Gasteiger charge is 2.25. The van der Waals surface area contributed by atoms with E-state index in [1.165, 1.54) is 6.42 Å². The molecule has 0 unspecified atom stereocenters. The Morgan fingerprint density at radius 3 is 2.83 bits per heavy atom. The summed E-state index contributed by atoms with van der Waals surface area (Å²) in [6.07, 6.45) is 4.45. The lowest BCUT2D eigenvalue weighted by Gasteiger charge is -2.20. The Bertz CT molecular complexity index is 877. The second-order valence-corrected chi connectivity index (χ2v) is 6.46. The first kappa shape index (κ1) is 15.1. The minimum atomic E-state index is 0.460. The maximum atomic E-state index is 5.38. The molecule has 7 heteroatoms. The van der Waals surface area contributed by atoms with E-state index < -0.39 is 0 Å². The molecule has 126 valence electrons. The Labute approximate surface area is 140 Å². The fourth-order valence-electron chi connectivity index (χ4n) is 2.92. The molecule has 0 atom stereocenters. The van der Waals surface area contributed by atoms with Crippen molar-refractivity contribution in [1.82, 2.24) is 24.7 Å². The molecule has 3 aromatic heterocycles. The zero-order valence-electron chi connectivity index (χ0n) is 14.3. The first-order valence-electron chi connectivity index (χ1n) is 8.58. The van der Waals surface area contributed by atoms with Crippen LogP contribution in [0.1, 0.15) is 60.8 Å². The summed E-state index contributed by atoms with van der Waals surface area (Å²) in [5.41, 5.74) is 4.04. The van der Waals surface area contributed by atoms with Gasteiger partial charge in [-0.15, -0.1) is 0 Å². The van der Waals surface area contributed by atoms with E-state index in [2.05, 4.69) is 39.4 Å². The third-order valence-corrected chi connectivity index (χ3v) is 4.84. The number of rotatable bonds is 5. The van der Waals surface area contributed by atoms with Gasteiger partial charge in [0.1, 0.15) is 5.82 Å². The largest absolute Gasteiger partial charge is 0.362 e. The summed E-state index contributed by atoms with van der Waals surface area (Å²) >= 11 is 0. The summed E-state index contributed by atoms with van der Waals surface area (Å²) in [5, 5.41) is 12.1. The van der Waals surface area contributed by atoms with E-state index in [1.54, 1.807) is 0 Å². The van der Waals surface area contributed by atoms with Crippen LogP contribution in [0.3, 0.4) is 0 Å². The zero-order chi connectivity index (χ0) is 16.7. The van der Waals surface area contributed by atoms with Gasteiger partial charge in [-0.25, -0.2) is 4.98 Å². The zero-order valence-corrected chi connectivity index (χ0v) is 14.3. The molecule has 0 aromatic carbocycles. The molecule has 1 fully saturated rings. The number of aryl methyl sites for hydroxylation is 3. The van der Waals surface area contributed by atoms with Crippen molar-refractivity contribution in [2.24, 2.45) is 0 Å². The predicted molar refractivity (Wildman–Crippen MR) is 90.1 cm³/mol. The predicted octanol–water partition coefficient (Wildman–Crippen LogP) is 3.17. The van der Waals surface area contributed by atoms with E-state index in [0.29, 0.717) is 18.3 Å². The maximum absolute atomic E-state index is 5.38. The SMILES string of the molecule is CCc1cc(NCc2noc(C3CCC3)n2)n2nc(C)c(C)c2n1. The monoisotopic (exact) mass is 326 g/mol. The number of hydrogen-bond donors (Lipinski definition) is 1. The molecule has 0 bridgehead atoms. The van der Waals surface area contributed by atoms with Gasteiger partial charge in [-0.1, -0.05) is 18.5 Å². The van der Waals surface area contributed by atoms with E-state index in [0.717, 1.165) is 53.6 Å². The van der Waals surface area contributed by atoms with Crippen LogP contribution in [-0.2, 0) is 13.0 Å². The van der Waals surface area contributed by atoms with Gasteiger partial charge < -0.3 is 9.84 Å².